The van der Waals surface area contributed by atoms with Crippen molar-refractivity contribution >= 4 is 12.1 Å². The van der Waals surface area contributed by atoms with E-state index in [4.69, 9.17) is 0 Å². The molecule has 13 heavy (non-hydrogen) atoms. The number of esters is 1. The first-order chi connectivity index (χ1) is 6.11. The number of hydrogen-bond donors (Lipinski definition) is 1. The molecule has 0 radical (unpaired) electrons. The van der Waals surface area contributed by atoms with E-state index in [0.29, 0.717) is 6.54 Å². The Morgan fingerprint density at radius 1 is 1.46 bits per heavy atom. The zero-order chi connectivity index (χ0) is 10.3. The molecule has 74 valence electrons. The van der Waals surface area contributed by atoms with Crippen molar-refractivity contribution in [3.05, 3.63) is 12.3 Å². The summed E-state index contributed by atoms with van der Waals surface area (Å²) in [5.74, 6) is -1.08. The number of rotatable bonds is 4. The van der Waals surface area contributed by atoms with E-state index in [1.807, 2.05) is 6.92 Å². The molecule has 0 atom stereocenters. The first kappa shape index (κ1) is 11.5. The van der Waals surface area contributed by atoms with Crippen LogP contribution in [0.25, 0.3) is 0 Å². The molecule has 0 aromatic rings. The van der Waals surface area contributed by atoms with Crippen molar-refractivity contribution in [2.75, 3.05) is 13.7 Å². The second kappa shape index (κ2) is 6.05. The second-order valence-corrected chi connectivity index (χ2v) is 2.23. The van der Waals surface area contributed by atoms with Gasteiger partial charge in [-0.15, -0.1) is 0 Å². The van der Waals surface area contributed by atoms with Gasteiger partial charge in [-0.3, -0.25) is 0 Å². The summed E-state index contributed by atoms with van der Waals surface area (Å²) in [6.45, 7) is 5.61. The van der Waals surface area contributed by atoms with Gasteiger partial charge in [-0.05, 0) is 13.0 Å². The standard InChI is InChI=1S/C8H13NO4/c1-4-5-9-8(11)13-6(2)7(10)12-3/h2,4-5H2,1,3H3,(H,9,11). The molecule has 0 aliphatic carbocycles. The normalized spacial score (nSPS) is 8.77. The highest BCUT2D eigenvalue weighted by Gasteiger charge is 2.11. The van der Waals surface area contributed by atoms with Gasteiger partial charge in [0.1, 0.15) is 0 Å². The van der Waals surface area contributed by atoms with Crippen LogP contribution >= 0.6 is 0 Å². The SMILES string of the molecule is C=C(OC(=O)NCCC)C(=O)OC. The monoisotopic (exact) mass is 187 g/mol. The fourth-order valence-electron chi connectivity index (χ4n) is 0.531. The van der Waals surface area contributed by atoms with Gasteiger partial charge in [-0.1, -0.05) is 6.92 Å². The van der Waals surface area contributed by atoms with Crippen molar-refractivity contribution < 1.29 is 19.1 Å². The van der Waals surface area contributed by atoms with Crippen LogP contribution in [0, 0.1) is 0 Å². The van der Waals surface area contributed by atoms with Gasteiger partial charge in [-0.2, -0.15) is 0 Å². The lowest BCUT2D eigenvalue weighted by Gasteiger charge is -2.05. The molecular weight excluding hydrogens is 174 g/mol. The molecule has 0 heterocycles. The molecule has 0 bridgehead atoms. The molecule has 0 aliphatic rings. The van der Waals surface area contributed by atoms with Crippen molar-refractivity contribution in [1.82, 2.24) is 5.32 Å². The van der Waals surface area contributed by atoms with Gasteiger partial charge in [0.2, 0.25) is 5.76 Å². The first-order valence-corrected chi connectivity index (χ1v) is 3.84. The van der Waals surface area contributed by atoms with E-state index in [0.717, 1.165) is 6.42 Å². The van der Waals surface area contributed by atoms with Crippen molar-refractivity contribution in [3.8, 4) is 0 Å². The Balaban J connectivity index is 3.78. The Morgan fingerprint density at radius 3 is 2.54 bits per heavy atom. The third-order valence-electron chi connectivity index (χ3n) is 1.15. The van der Waals surface area contributed by atoms with Gasteiger partial charge >= 0.3 is 12.1 Å². The summed E-state index contributed by atoms with van der Waals surface area (Å²) in [5, 5.41) is 2.41. The summed E-state index contributed by atoms with van der Waals surface area (Å²) in [4.78, 5) is 21.5. The lowest BCUT2D eigenvalue weighted by atomic mass is 10.5. The van der Waals surface area contributed by atoms with Crippen LogP contribution in [0.3, 0.4) is 0 Å². The fraction of sp³-hybridized carbons (Fsp3) is 0.500. The van der Waals surface area contributed by atoms with Gasteiger partial charge in [0.05, 0.1) is 7.11 Å². The number of nitrogens with one attached hydrogen (secondary N) is 1. The molecule has 0 aromatic heterocycles. The van der Waals surface area contributed by atoms with E-state index < -0.39 is 12.1 Å². The zero-order valence-corrected chi connectivity index (χ0v) is 7.75. The van der Waals surface area contributed by atoms with E-state index in [9.17, 15) is 9.59 Å². The van der Waals surface area contributed by atoms with Gasteiger partial charge < -0.3 is 14.8 Å². The molecule has 0 aliphatic heterocycles. The molecule has 0 saturated heterocycles. The van der Waals surface area contributed by atoms with Crippen molar-refractivity contribution in [1.29, 1.82) is 0 Å². The van der Waals surface area contributed by atoms with Gasteiger partial charge in [0, 0.05) is 6.54 Å². The highest BCUT2D eigenvalue weighted by molar-refractivity contribution is 5.88. The van der Waals surface area contributed by atoms with Crippen LogP contribution in [0.15, 0.2) is 12.3 Å². The van der Waals surface area contributed by atoms with Crippen molar-refractivity contribution in [2.45, 2.75) is 13.3 Å². The predicted molar refractivity (Wildman–Crippen MR) is 45.9 cm³/mol. The maximum absolute atomic E-state index is 10.8. The molecule has 0 aromatic carbocycles. The lowest BCUT2D eigenvalue weighted by Crippen LogP contribution is -2.26. The molecule has 5 heteroatoms. The number of carbonyl (C=O) groups is 2. The minimum atomic E-state index is -0.758. The number of hydrogen-bond acceptors (Lipinski definition) is 4. The molecule has 0 unspecified atom stereocenters. The van der Waals surface area contributed by atoms with Gasteiger partial charge in [0.15, 0.2) is 0 Å². The minimum Gasteiger partial charge on any atom is -0.463 e. The smallest absolute Gasteiger partial charge is 0.412 e. The third kappa shape index (κ3) is 4.84. The molecule has 0 saturated carbocycles. The predicted octanol–water partition coefficient (Wildman–Crippen LogP) is 0.809. The molecule has 1 amide bonds. The van der Waals surface area contributed by atoms with Crippen LogP contribution in [0.2, 0.25) is 0 Å². The summed E-state index contributed by atoms with van der Waals surface area (Å²) in [7, 11) is 1.18. The number of amides is 1. The summed E-state index contributed by atoms with van der Waals surface area (Å²) in [6.07, 6.45) is 0.0945. The summed E-state index contributed by atoms with van der Waals surface area (Å²) in [6, 6.07) is 0. The van der Waals surface area contributed by atoms with Crippen LogP contribution in [0.5, 0.6) is 0 Å². The Kier molecular flexibility index (Phi) is 5.34. The van der Waals surface area contributed by atoms with E-state index in [1.165, 1.54) is 7.11 Å². The number of carbonyl (C=O) groups excluding carboxylic acids is 2. The van der Waals surface area contributed by atoms with E-state index in [-0.39, 0.29) is 5.76 Å². The van der Waals surface area contributed by atoms with Gasteiger partial charge in [0.25, 0.3) is 0 Å². The average Bonchev–Trinajstić information content (AvgIpc) is 2.13. The van der Waals surface area contributed by atoms with Crippen LogP contribution in [0.4, 0.5) is 4.79 Å². The highest BCUT2D eigenvalue weighted by Crippen LogP contribution is 1.96. The maximum Gasteiger partial charge on any atom is 0.412 e. The summed E-state index contributed by atoms with van der Waals surface area (Å²) >= 11 is 0. The highest BCUT2D eigenvalue weighted by atomic mass is 16.6. The molecule has 0 spiro atoms. The minimum absolute atomic E-state index is 0.323. The zero-order valence-electron chi connectivity index (χ0n) is 7.75. The lowest BCUT2D eigenvalue weighted by molar-refractivity contribution is -0.139. The number of alkyl carbamates (subject to hydrolysis) is 1. The first-order valence-electron chi connectivity index (χ1n) is 3.84. The molecular formula is C8H13NO4. The Bertz CT molecular complexity index is 212. The average molecular weight is 187 g/mol. The Morgan fingerprint density at radius 2 is 2.08 bits per heavy atom. The quantitative estimate of drug-likeness (QED) is 0.402. The van der Waals surface area contributed by atoms with Crippen LogP contribution in [0.1, 0.15) is 13.3 Å². The van der Waals surface area contributed by atoms with Gasteiger partial charge in [-0.25, -0.2) is 9.59 Å². The number of ether oxygens (including phenoxy) is 2. The van der Waals surface area contributed by atoms with Crippen LogP contribution in [-0.2, 0) is 14.3 Å². The molecule has 1 N–H and O–H groups in total. The number of methoxy groups -OCH3 is 1. The van der Waals surface area contributed by atoms with E-state index in [1.54, 1.807) is 0 Å². The fourth-order valence-corrected chi connectivity index (χ4v) is 0.531. The van der Waals surface area contributed by atoms with Crippen molar-refractivity contribution in [3.63, 3.8) is 0 Å². The second-order valence-electron chi connectivity index (χ2n) is 2.23. The third-order valence-corrected chi connectivity index (χ3v) is 1.15. The Hall–Kier alpha value is -1.52. The largest absolute Gasteiger partial charge is 0.463 e. The van der Waals surface area contributed by atoms with Crippen molar-refractivity contribution in [2.24, 2.45) is 0 Å². The Labute approximate surface area is 76.7 Å². The molecule has 0 rings (SSSR count). The molecule has 5 nitrogen and oxygen atoms in total. The summed E-state index contributed by atoms with van der Waals surface area (Å²) in [5.41, 5.74) is 0. The van der Waals surface area contributed by atoms with E-state index >= 15 is 0 Å². The summed E-state index contributed by atoms with van der Waals surface area (Å²) < 4.78 is 8.76. The van der Waals surface area contributed by atoms with E-state index in [2.05, 4.69) is 21.4 Å². The maximum atomic E-state index is 10.8. The van der Waals surface area contributed by atoms with Crippen LogP contribution < -0.4 is 5.32 Å². The van der Waals surface area contributed by atoms with Crippen LogP contribution in [-0.4, -0.2) is 25.7 Å². The molecule has 0 fully saturated rings. The topological polar surface area (TPSA) is 64.6 Å².